The first-order valence-corrected chi connectivity index (χ1v) is 22.1. The van der Waals surface area contributed by atoms with Crippen molar-refractivity contribution >= 4 is 14.3 Å². The van der Waals surface area contributed by atoms with Crippen molar-refractivity contribution in [3.8, 4) is 0 Å². The monoisotopic (exact) mass is 740 g/mol. The van der Waals surface area contributed by atoms with E-state index in [1.165, 1.54) is 5.57 Å². The molecule has 0 amide bonds. The molecule has 5 rings (SSSR count). The molecule has 9 heteroatoms. The third-order valence-electron chi connectivity index (χ3n) is 12.9. The zero-order valence-electron chi connectivity index (χ0n) is 34.0. The van der Waals surface area contributed by atoms with E-state index < -0.39 is 56.0 Å². The molecule has 0 aromatic rings. The number of allylic oxidation sites excluding steroid dienone is 5. The van der Waals surface area contributed by atoms with E-state index >= 15 is 0 Å². The smallest absolute Gasteiger partial charge is 0.316 e. The molecular weight excluding hydrogens is 673 g/mol. The van der Waals surface area contributed by atoms with E-state index in [0.29, 0.717) is 41.5 Å². The Hall–Kier alpha value is -1.85. The van der Waals surface area contributed by atoms with Crippen LogP contribution in [0, 0.1) is 17.8 Å². The summed E-state index contributed by atoms with van der Waals surface area (Å²) in [7, 11) is -2.41. The highest BCUT2D eigenvalue weighted by atomic mass is 28.4. The van der Waals surface area contributed by atoms with Crippen molar-refractivity contribution in [2.45, 2.75) is 180 Å². The van der Waals surface area contributed by atoms with Crippen LogP contribution in [0.25, 0.3) is 0 Å². The summed E-state index contributed by atoms with van der Waals surface area (Å²) < 4.78 is 33.8. The highest BCUT2D eigenvalue weighted by Crippen LogP contribution is 2.51. The van der Waals surface area contributed by atoms with Crippen molar-refractivity contribution in [3.63, 3.8) is 0 Å². The summed E-state index contributed by atoms with van der Waals surface area (Å²) in [6.07, 6.45) is 11.5. The minimum atomic E-state index is -2.41. The van der Waals surface area contributed by atoms with Gasteiger partial charge < -0.3 is 33.6 Å². The van der Waals surface area contributed by atoms with Crippen LogP contribution in [-0.4, -0.2) is 79.1 Å². The Balaban J connectivity index is 1.58. The molecule has 292 valence electrons. The summed E-state index contributed by atoms with van der Waals surface area (Å²) in [6, 6.07) is 0. The maximum Gasteiger partial charge on any atom is 0.316 e. The number of carbonyl (C=O) groups is 1. The summed E-state index contributed by atoms with van der Waals surface area (Å²) in [6.45, 7) is 26.2. The summed E-state index contributed by atoms with van der Waals surface area (Å²) in [5, 5.41) is 24.6. The van der Waals surface area contributed by atoms with E-state index in [0.717, 1.165) is 17.6 Å². The van der Waals surface area contributed by atoms with Gasteiger partial charge in [-0.2, -0.15) is 0 Å². The van der Waals surface area contributed by atoms with E-state index in [4.69, 9.17) is 23.4 Å². The van der Waals surface area contributed by atoms with Crippen molar-refractivity contribution in [1.29, 1.82) is 0 Å². The number of hydrogen-bond acceptors (Lipinski definition) is 8. The van der Waals surface area contributed by atoms with Crippen LogP contribution in [0.2, 0.25) is 16.6 Å². The van der Waals surface area contributed by atoms with Crippen LogP contribution >= 0.6 is 0 Å². The maximum atomic E-state index is 14.6. The highest BCUT2D eigenvalue weighted by Gasteiger charge is 2.62. The van der Waals surface area contributed by atoms with Gasteiger partial charge in [-0.15, -0.1) is 0 Å². The van der Waals surface area contributed by atoms with Crippen LogP contribution in [0.15, 0.2) is 58.7 Å². The molecule has 1 aliphatic carbocycles. The fourth-order valence-electron chi connectivity index (χ4n) is 10.2. The highest BCUT2D eigenvalue weighted by molar-refractivity contribution is 6.77. The van der Waals surface area contributed by atoms with Crippen LogP contribution in [0.1, 0.15) is 115 Å². The molecular formula is C43H68O8Si. The van der Waals surface area contributed by atoms with E-state index in [9.17, 15) is 15.0 Å². The zero-order chi connectivity index (χ0) is 38.3. The summed E-state index contributed by atoms with van der Waals surface area (Å²) in [4.78, 5) is 14.6. The SMILES string of the molecule is C/C=C(\C)[C@H]1O[C@@]2(C[C@@H]3C[C@@H](C/C=C(\C)C[C@@H](C)/C=C/C=C4\CO[C@@H]5[C@H](O[Si](C(C)C)(C(C)C)C(C)C)C(C)=C[C@@H](C(=O)O3)[C@]45O)O2)[C@H](O)C[C@@H]1C. The predicted octanol–water partition coefficient (Wildman–Crippen LogP) is 8.65. The van der Waals surface area contributed by atoms with Crippen molar-refractivity contribution < 1.29 is 38.4 Å². The molecule has 5 aliphatic rings. The zero-order valence-corrected chi connectivity index (χ0v) is 35.0. The van der Waals surface area contributed by atoms with Crippen LogP contribution in [0.4, 0.5) is 0 Å². The van der Waals surface area contributed by atoms with Gasteiger partial charge in [0.2, 0.25) is 8.32 Å². The number of ether oxygens (including phenoxy) is 4. The average molecular weight is 741 g/mol. The van der Waals surface area contributed by atoms with Gasteiger partial charge in [0.05, 0.1) is 24.9 Å². The van der Waals surface area contributed by atoms with Crippen molar-refractivity contribution in [2.75, 3.05) is 6.61 Å². The molecule has 0 unspecified atom stereocenters. The van der Waals surface area contributed by atoms with Crippen molar-refractivity contribution in [2.24, 2.45) is 17.8 Å². The molecule has 0 radical (unpaired) electrons. The Morgan fingerprint density at radius 3 is 2.35 bits per heavy atom. The lowest BCUT2D eigenvalue weighted by Gasteiger charge is -2.52. The first-order chi connectivity index (χ1) is 24.4. The largest absolute Gasteiger partial charge is 0.462 e. The lowest BCUT2D eigenvalue weighted by atomic mass is 9.71. The minimum absolute atomic E-state index is 0.0946. The number of rotatable bonds is 6. The van der Waals surface area contributed by atoms with Gasteiger partial charge in [0.15, 0.2) is 5.79 Å². The van der Waals surface area contributed by atoms with Crippen LogP contribution in [-0.2, 0) is 28.2 Å². The van der Waals surface area contributed by atoms with E-state index in [-0.39, 0.29) is 37.1 Å². The number of esters is 1. The standard InChI is InChI=1S/C43H68O8Si/c1-13-30(10)38-32(12)21-37(44)42(50-38)23-35-22-34(49-42)18-17-29(9)19-28(8)15-14-16-33-24-47-40-39(51-52(25(2)3,26(4)5)27(6)7)31(11)20-36(41(45)48-35)43(33,40)46/h13-17,20,25-28,32,34-40,44,46H,18-19,21-24H2,1-12H3/b15-14+,29-17+,30-13+,33-16+/t28-,32-,34+,35-,36-,37+,38+,39+,40+,42-,43+/m0/s1. The second-order valence-corrected chi connectivity index (χ2v) is 23.1. The summed E-state index contributed by atoms with van der Waals surface area (Å²) in [5.41, 5.74) is 3.17. The van der Waals surface area contributed by atoms with Gasteiger partial charge in [0, 0.05) is 12.8 Å². The number of carbonyl (C=O) groups excluding carboxylic acids is 1. The number of hydrogen-bond donors (Lipinski definition) is 2. The molecule has 0 saturated carbocycles. The van der Waals surface area contributed by atoms with Crippen molar-refractivity contribution in [3.05, 3.63) is 58.7 Å². The molecule has 1 spiro atoms. The normalized spacial score (nSPS) is 42.0. The molecule has 4 aliphatic heterocycles. The topological polar surface area (TPSA) is 104 Å². The first-order valence-electron chi connectivity index (χ1n) is 20.0. The van der Waals surface area contributed by atoms with Gasteiger partial charge in [-0.25, -0.2) is 0 Å². The Morgan fingerprint density at radius 2 is 1.71 bits per heavy atom. The fourth-order valence-corrected chi connectivity index (χ4v) is 15.8. The molecule has 3 fully saturated rings. The second kappa shape index (κ2) is 16.1. The molecule has 8 nitrogen and oxygen atoms in total. The molecule has 3 saturated heterocycles. The fraction of sp³-hybridized carbons (Fsp3) is 0.744. The first kappa shape index (κ1) is 41.3. The molecule has 11 atom stereocenters. The van der Waals surface area contributed by atoms with E-state index in [2.05, 4.69) is 74.5 Å². The Labute approximate surface area is 314 Å². The summed E-state index contributed by atoms with van der Waals surface area (Å²) >= 11 is 0. The third kappa shape index (κ3) is 7.67. The van der Waals surface area contributed by atoms with E-state index in [1.807, 2.05) is 45.1 Å². The van der Waals surface area contributed by atoms with Crippen LogP contribution in [0.5, 0.6) is 0 Å². The number of aliphatic hydroxyl groups is 2. The predicted molar refractivity (Wildman–Crippen MR) is 208 cm³/mol. The lowest BCUT2D eigenvalue weighted by molar-refractivity contribution is -0.363. The van der Waals surface area contributed by atoms with Gasteiger partial charge in [0.1, 0.15) is 29.8 Å². The third-order valence-corrected chi connectivity index (χ3v) is 19.0. The number of aliphatic hydroxyl groups excluding tert-OH is 1. The van der Waals surface area contributed by atoms with Crippen LogP contribution in [0.3, 0.4) is 0 Å². The molecule has 0 aromatic heterocycles. The maximum absolute atomic E-state index is 14.6. The molecule has 4 heterocycles. The van der Waals surface area contributed by atoms with Crippen molar-refractivity contribution in [1.82, 2.24) is 0 Å². The number of fused-ring (bicyclic) bond motifs is 2. The molecule has 2 N–H and O–H groups in total. The Kier molecular flexibility index (Phi) is 12.8. The van der Waals surface area contributed by atoms with Crippen LogP contribution < -0.4 is 0 Å². The quantitative estimate of drug-likeness (QED) is 0.159. The Morgan fingerprint density at radius 1 is 1.04 bits per heavy atom. The van der Waals surface area contributed by atoms with Gasteiger partial charge >= 0.3 is 5.97 Å². The van der Waals surface area contributed by atoms with Gasteiger partial charge in [-0.1, -0.05) is 97.4 Å². The lowest BCUT2D eigenvalue weighted by Crippen LogP contribution is -2.63. The molecule has 52 heavy (non-hydrogen) atoms. The molecule has 0 aromatic carbocycles. The Bertz CT molecular complexity index is 1440. The second-order valence-electron chi connectivity index (χ2n) is 17.7. The van der Waals surface area contributed by atoms with Gasteiger partial charge in [-0.3, -0.25) is 4.79 Å². The average Bonchev–Trinajstić information content (AvgIpc) is 3.40. The summed E-state index contributed by atoms with van der Waals surface area (Å²) in [5.74, 6) is -2.51. The minimum Gasteiger partial charge on any atom is -0.462 e. The van der Waals surface area contributed by atoms with Gasteiger partial charge in [-0.05, 0) is 92.1 Å². The van der Waals surface area contributed by atoms with E-state index in [1.54, 1.807) is 0 Å². The molecule has 2 bridgehead atoms. The van der Waals surface area contributed by atoms with Gasteiger partial charge in [0.25, 0.3) is 0 Å².